The molecular formula is C13H19N5O2. The number of rotatable bonds is 3. The van der Waals surface area contributed by atoms with Gasteiger partial charge in [0, 0.05) is 12.6 Å². The molecule has 3 N–H and O–H groups in total. The normalized spacial score (nSPS) is 23.6. The Hall–Kier alpha value is -1.89. The summed E-state index contributed by atoms with van der Waals surface area (Å²) >= 11 is 0. The van der Waals surface area contributed by atoms with Crippen LogP contribution in [0.15, 0.2) is 12.4 Å². The number of hydrogen-bond donors (Lipinski definition) is 3. The third-order valence-electron chi connectivity index (χ3n) is 3.86. The Balaban J connectivity index is 1.59. The summed E-state index contributed by atoms with van der Waals surface area (Å²) in [5.74, 6) is -0.226. The highest BCUT2D eigenvalue weighted by molar-refractivity contribution is 5.98. The van der Waals surface area contributed by atoms with Gasteiger partial charge in [-0.1, -0.05) is 0 Å². The zero-order valence-electron chi connectivity index (χ0n) is 11.3. The average Bonchev–Trinajstić information content (AvgIpc) is 3.09. The summed E-state index contributed by atoms with van der Waals surface area (Å²) in [6, 6.07) is -0.0159. The lowest BCUT2D eigenvalue weighted by atomic mass is 10.1. The third-order valence-corrected chi connectivity index (χ3v) is 3.86. The Morgan fingerprint density at radius 1 is 1.35 bits per heavy atom. The van der Waals surface area contributed by atoms with Gasteiger partial charge in [0.1, 0.15) is 6.04 Å². The van der Waals surface area contributed by atoms with Gasteiger partial charge in [0.15, 0.2) is 0 Å². The molecule has 0 aliphatic carbocycles. The van der Waals surface area contributed by atoms with Crippen LogP contribution in [0.25, 0.3) is 0 Å². The molecule has 2 aliphatic heterocycles. The fourth-order valence-corrected chi connectivity index (χ4v) is 2.71. The molecule has 3 rings (SSSR count). The molecule has 0 unspecified atom stereocenters. The van der Waals surface area contributed by atoms with E-state index in [0.29, 0.717) is 24.6 Å². The number of aromatic nitrogens is 2. The molecule has 2 aliphatic rings. The van der Waals surface area contributed by atoms with E-state index in [1.54, 1.807) is 6.20 Å². The van der Waals surface area contributed by atoms with Gasteiger partial charge in [-0.2, -0.15) is 5.10 Å². The minimum Gasteiger partial charge on any atom is -0.344 e. The number of nitrogens with zero attached hydrogens (tertiary/aromatic N) is 2. The van der Waals surface area contributed by atoms with Crippen molar-refractivity contribution in [1.29, 1.82) is 0 Å². The molecule has 7 nitrogen and oxygen atoms in total. The van der Waals surface area contributed by atoms with E-state index < -0.39 is 6.04 Å². The van der Waals surface area contributed by atoms with E-state index >= 15 is 0 Å². The maximum atomic E-state index is 12.0. The SMILES string of the molecule is O=C1CC[C@@H](C(=O)Nc2cnn(C3CCNCC3)c2)N1. The molecule has 7 heteroatoms. The number of amides is 2. The van der Waals surface area contributed by atoms with Crippen LogP contribution in [0.3, 0.4) is 0 Å². The van der Waals surface area contributed by atoms with Crippen molar-refractivity contribution in [2.24, 2.45) is 0 Å². The number of hydrogen-bond acceptors (Lipinski definition) is 4. The van der Waals surface area contributed by atoms with Crippen LogP contribution in [0.5, 0.6) is 0 Å². The molecule has 2 fully saturated rings. The van der Waals surface area contributed by atoms with Gasteiger partial charge in [-0.3, -0.25) is 14.3 Å². The topological polar surface area (TPSA) is 88.0 Å². The third kappa shape index (κ3) is 2.82. The number of piperidine rings is 1. The highest BCUT2D eigenvalue weighted by Crippen LogP contribution is 2.19. The predicted molar refractivity (Wildman–Crippen MR) is 73.2 cm³/mol. The second kappa shape index (κ2) is 5.62. The van der Waals surface area contributed by atoms with Crippen molar-refractivity contribution in [1.82, 2.24) is 20.4 Å². The van der Waals surface area contributed by atoms with Gasteiger partial charge in [0.25, 0.3) is 0 Å². The van der Waals surface area contributed by atoms with Gasteiger partial charge in [0.2, 0.25) is 11.8 Å². The number of anilines is 1. The highest BCUT2D eigenvalue weighted by atomic mass is 16.2. The predicted octanol–water partition coefficient (Wildman–Crippen LogP) is 0.0247. The van der Waals surface area contributed by atoms with E-state index in [2.05, 4.69) is 21.0 Å². The van der Waals surface area contributed by atoms with Crippen molar-refractivity contribution in [3.63, 3.8) is 0 Å². The molecule has 0 aromatic carbocycles. The standard InChI is InChI=1S/C13H19N5O2/c19-12-2-1-11(17-12)13(20)16-9-7-15-18(8-9)10-3-5-14-6-4-10/h7-8,10-11,14H,1-6H2,(H,16,20)(H,17,19)/t11-/m0/s1. The summed E-state index contributed by atoms with van der Waals surface area (Å²) in [5, 5.41) is 13.1. The molecule has 1 aromatic rings. The molecule has 1 atom stereocenters. The molecular weight excluding hydrogens is 258 g/mol. The lowest BCUT2D eigenvalue weighted by molar-refractivity contribution is -0.122. The van der Waals surface area contributed by atoms with Gasteiger partial charge in [-0.15, -0.1) is 0 Å². The van der Waals surface area contributed by atoms with Crippen LogP contribution in [-0.2, 0) is 9.59 Å². The zero-order chi connectivity index (χ0) is 13.9. The van der Waals surface area contributed by atoms with E-state index in [0.717, 1.165) is 25.9 Å². The Labute approximate surface area is 117 Å². The molecule has 2 amide bonds. The van der Waals surface area contributed by atoms with Gasteiger partial charge >= 0.3 is 0 Å². The smallest absolute Gasteiger partial charge is 0.247 e. The van der Waals surface area contributed by atoms with E-state index in [-0.39, 0.29) is 11.8 Å². The van der Waals surface area contributed by atoms with Gasteiger partial charge in [0.05, 0.1) is 17.9 Å². The van der Waals surface area contributed by atoms with Gasteiger partial charge < -0.3 is 16.0 Å². The van der Waals surface area contributed by atoms with E-state index in [9.17, 15) is 9.59 Å². The fraction of sp³-hybridized carbons (Fsp3) is 0.615. The first-order valence-corrected chi connectivity index (χ1v) is 7.07. The van der Waals surface area contributed by atoms with Crippen LogP contribution >= 0.6 is 0 Å². The van der Waals surface area contributed by atoms with Crippen molar-refractivity contribution in [3.8, 4) is 0 Å². The Kier molecular flexibility index (Phi) is 3.68. The largest absolute Gasteiger partial charge is 0.344 e. The van der Waals surface area contributed by atoms with Crippen molar-refractivity contribution in [2.45, 2.75) is 37.8 Å². The summed E-state index contributed by atoms with van der Waals surface area (Å²) in [4.78, 5) is 23.1. The molecule has 3 heterocycles. The Morgan fingerprint density at radius 3 is 2.85 bits per heavy atom. The molecule has 20 heavy (non-hydrogen) atoms. The van der Waals surface area contributed by atoms with Gasteiger partial charge in [-0.05, 0) is 32.4 Å². The number of carbonyl (C=O) groups is 2. The fourth-order valence-electron chi connectivity index (χ4n) is 2.71. The summed E-state index contributed by atoms with van der Waals surface area (Å²) in [6.45, 7) is 2.00. The summed E-state index contributed by atoms with van der Waals surface area (Å²) in [6.07, 6.45) is 6.61. The van der Waals surface area contributed by atoms with Crippen LogP contribution in [0.4, 0.5) is 5.69 Å². The number of nitrogens with one attached hydrogen (secondary N) is 3. The van der Waals surface area contributed by atoms with Crippen molar-refractivity contribution in [3.05, 3.63) is 12.4 Å². The van der Waals surface area contributed by atoms with Crippen LogP contribution < -0.4 is 16.0 Å². The second-order valence-electron chi connectivity index (χ2n) is 5.34. The maximum Gasteiger partial charge on any atom is 0.247 e. The van der Waals surface area contributed by atoms with E-state index in [4.69, 9.17) is 0 Å². The van der Waals surface area contributed by atoms with Crippen LogP contribution in [-0.4, -0.2) is 40.7 Å². The summed E-state index contributed by atoms with van der Waals surface area (Å²) in [7, 11) is 0. The summed E-state index contributed by atoms with van der Waals surface area (Å²) in [5.41, 5.74) is 0.690. The average molecular weight is 277 g/mol. The molecule has 0 spiro atoms. The van der Waals surface area contributed by atoms with Crippen LogP contribution in [0.1, 0.15) is 31.7 Å². The van der Waals surface area contributed by atoms with Gasteiger partial charge in [-0.25, -0.2) is 0 Å². The quantitative estimate of drug-likeness (QED) is 0.727. The van der Waals surface area contributed by atoms with Crippen molar-refractivity contribution < 1.29 is 9.59 Å². The lowest BCUT2D eigenvalue weighted by Gasteiger charge is -2.22. The maximum absolute atomic E-state index is 12.0. The van der Waals surface area contributed by atoms with Crippen LogP contribution in [0, 0.1) is 0 Å². The minimum absolute atomic E-state index is 0.0597. The molecule has 108 valence electrons. The first-order chi connectivity index (χ1) is 9.72. The Morgan fingerprint density at radius 2 is 2.15 bits per heavy atom. The molecule has 0 saturated carbocycles. The molecule has 1 aromatic heterocycles. The first-order valence-electron chi connectivity index (χ1n) is 7.07. The minimum atomic E-state index is -0.412. The first kappa shape index (κ1) is 13.1. The van der Waals surface area contributed by atoms with E-state index in [1.165, 1.54) is 0 Å². The molecule has 2 saturated heterocycles. The van der Waals surface area contributed by atoms with E-state index in [1.807, 2.05) is 10.9 Å². The molecule has 0 radical (unpaired) electrons. The lowest BCUT2D eigenvalue weighted by Crippen LogP contribution is -2.37. The number of carbonyl (C=O) groups excluding carboxylic acids is 2. The zero-order valence-corrected chi connectivity index (χ0v) is 11.3. The monoisotopic (exact) mass is 277 g/mol. The summed E-state index contributed by atoms with van der Waals surface area (Å²) < 4.78 is 1.92. The Bertz CT molecular complexity index is 507. The van der Waals surface area contributed by atoms with Crippen LogP contribution in [0.2, 0.25) is 0 Å². The van der Waals surface area contributed by atoms with Crippen molar-refractivity contribution in [2.75, 3.05) is 18.4 Å². The second-order valence-corrected chi connectivity index (χ2v) is 5.34. The highest BCUT2D eigenvalue weighted by Gasteiger charge is 2.27. The van der Waals surface area contributed by atoms with Crippen molar-refractivity contribution >= 4 is 17.5 Å². The molecule has 0 bridgehead atoms.